The predicted octanol–water partition coefficient (Wildman–Crippen LogP) is 5.52. The van der Waals surface area contributed by atoms with Crippen LogP contribution in [-0.2, 0) is 4.74 Å². The lowest BCUT2D eigenvalue weighted by Crippen LogP contribution is -2.45. The number of carbonyl (C=O) groups is 1. The van der Waals surface area contributed by atoms with Gasteiger partial charge in [-0.25, -0.2) is 9.18 Å². The fraction of sp³-hybridized carbons (Fsp3) is 0.609. The summed E-state index contributed by atoms with van der Waals surface area (Å²) in [5, 5.41) is 0. The van der Waals surface area contributed by atoms with Crippen LogP contribution in [-0.4, -0.2) is 37.3 Å². The molecule has 1 atom stereocenters. The molecule has 1 aromatic carbocycles. The van der Waals surface area contributed by atoms with E-state index in [1.54, 1.807) is 12.0 Å². The SMILES string of the molecule is COc1cc(F)c(C(C)C)cc1C1=C(C2(C)COC(=O)N2C)CC2(CC1)CC2. The van der Waals surface area contributed by atoms with Crippen LogP contribution < -0.4 is 4.74 Å². The highest BCUT2D eigenvalue weighted by atomic mass is 19.1. The second-order valence-electron chi connectivity index (χ2n) is 9.25. The van der Waals surface area contributed by atoms with E-state index in [0.29, 0.717) is 23.3 Å². The van der Waals surface area contributed by atoms with Gasteiger partial charge < -0.3 is 9.47 Å². The van der Waals surface area contributed by atoms with Gasteiger partial charge in [-0.15, -0.1) is 0 Å². The van der Waals surface area contributed by atoms with Gasteiger partial charge >= 0.3 is 6.09 Å². The molecule has 3 aliphatic rings. The van der Waals surface area contributed by atoms with Crippen LogP contribution in [0.1, 0.15) is 69.9 Å². The van der Waals surface area contributed by atoms with Crippen LogP contribution >= 0.6 is 0 Å². The van der Waals surface area contributed by atoms with Crippen LogP contribution in [0.2, 0.25) is 0 Å². The van der Waals surface area contributed by atoms with Gasteiger partial charge in [0, 0.05) is 18.7 Å². The molecule has 1 spiro atoms. The van der Waals surface area contributed by atoms with E-state index in [2.05, 4.69) is 6.92 Å². The second-order valence-corrected chi connectivity index (χ2v) is 9.25. The van der Waals surface area contributed by atoms with Gasteiger partial charge in [-0.1, -0.05) is 13.8 Å². The molecule has 5 heteroatoms. The minimum absolute atomic E-state index is 0.0849. The molecule has 1 amide bonds. The zero-order valence-corrected chi connectivity index (χ0v) is 17.5. The Balaban J connectivity index is 1.91. The molecule has 0 N–H and O–H groups in total. The van der Waals surface area contributed by atoms with E-state index in [-0.39, 0.29) is 17.8 Å². The summed E-state index contributed by atoms with van der Waals surface area (Å²) in [5.41, 5.74) is 4.02. The van der Waals surface area contributed by atoms with Gasteiger partial charge in [0.2, 0.25) is 0 Å². The molecular formula is C23H30FNO3. The van der Waals surface area contributed by atoms with Crippen molar-refractivity contribution in [2.24, 2.45) is 5.41 Å². The molecule has 152 valence electrons. The standard InChI is InChI=1S/C23H30FNO3/c1-14(2)16-10-17(20(27-5)11-19(16)24)15-6-7-23(8-9-23)12-18(15)22(3)13-28-21(26)25(22)4/h10-11,14H,6-9,12-13H2,1-5H3. The fourth-order valence-electron chi connectivity index (χ4n) is 4.83. The first-order chi connectivity index (χ1) is 13.2. The lowest BCUT2D eigenvalue weighted by molar-refractivity contribution is 0.163. The Hall–Kier alpha value is -2.04. The summed E-state index contributed by atoms with van der Waals surface area (Å²) < 4.78 is 25.6. The first-order valence-electron chi connectivity index (χ1n) is 10.2. The highest BCUT2D eigenvalue weighted by molar-refractivity contribution is 5.79. The number of benzene rings is 1. The van der Waals surface area contributed by atoms with Gasteiger partial charge in [-0.05, 0) is 73.1 Å². The maximum absolute atomic E-state index is 14.6. The maximum Gasteiger partial charge on any atom is 0.410 e. The third-order valence-corrected chi connectivity index (χ3v) is 7.19. The first-order valence-corrected chi connectivity index (χ1v) is 10.2. The lowest BCUT2D eigenvalue weighted by Gasteiger charge is -2.39. The Morgan fingerprint density at radius 1 is 1.25 bits per heavy atom. The molecule has 0 aromatic heterocycles. The van der Waals surface area contributed by atoms with Crippen molar-refractivity contribution in [2.75, 3.05) is 20.8 Å². The largest absolute Gasteiger partial charge is 0.496 e. The maximum atomic E-state index is 14.6. The number of nitrogens with zero attached hydrogens (tertiary/aromatic N) is 1. The Morgan fingerprint density at radius 2 is 1.96 bits per heavy atom. The molecule has 4 rings (SSSR count). The van der Waals surface area contributed by atoms with Gasteiger partial charge in [0.25, 0.3) is 0 Å². The number of amides is 1. The molecule has 1 aromatic rings. The molecule has 1 unspecified atom stereocenters. The third-order valence-electron chi connectivity index (χ3n) is 7.19. The average molecular weight is 387 g/mol. The molecule has 1 heterocycles. The van der Waals surface area contributed by atoms with Gasteiger partial charge in [-0.2, -0.15) is 0 Å². The number of allylic oxidation sites excluding steroid dienone is 1. The van der Waals surface area contributed by atoms with E-state index in [4.69, 9.17) is 9.47 Å². The average Bonchev–Trinajstić information content (AvgIpc) is 3.37. The smallest absolute Gasteiger partial charge is 0.410 e. The molecule has 2 aliphatic carbocycles. The number of carbonyl (C=O) groups excluding carboxylic acids is 1. The molecule has 0 bridgehead atoms. The minimum atomic E-state index is -0.472. The van der Waals surface area contributed by atoms with Crippen LogP contribution in [0.15, 0.2) is 17.7 Å². The number of hydrogen-bond donors (Lipinski definition) is 0. The molecular weight excluding hydrogens is 357 g/mol. The Bertz CT molecular complexity index is 856. The number of methoxy groups -OCH3 is 1. The van der Waals surface area contributed by atoms with Crippen molar-refractivity contribution in [1.82, 2.24) is 4.90 Å². The highest BCUT2D eigenvalue weighted by Crippen LogP contribution is 2.61. The fourth-order valence-corrected chi connectivity index (χ4v) is 4.83. The molecule has 2 fully saturated rings. The lowest BCUT2D eigenvalue weighted by atomic mass is 9.71. The van der Waals surface area contributed by atoms with Gasteiger partial charge in [0.05, 0.1) is 12.6 Å². The zero-order chi connectivity index (χ0) is 20.3. The Kier molecular flexibility index (Phi) is 4.48. The molecule has 4 nitrogen and oxygen atoms in total. The van der Waals surface area contributed by atoms with Gasteiger partial charge in [0.15, 0.2) is 0 Å². The number of cyclic esters (lactones) is 1. The number of ether oxygens (including phenoxy) is 2. The van der Waals surface area contributed by atoms with Gasteiger partial charge in [-0.3, -0.25) is 4.90 Å². The summed E-state index contributed by atoms with van der Waals surface area (Å²) in [5.74, 6) is 0.425. The summed E-state index contributed by atoms with van der Waals surface area (Å²) in [6.45, 7) is 6.46. The third kappa shape index (κ3) is 2.90. The van der Waals surface area contributed by atoms with E-state index in [1.165, 1.54) is 30.1 Å². The molecule has 1 aliphatic heterocycles. The van der Waals surface area contributed by atoms with E-state index < -0.39 is 5.54 Å². The van der Waals surface area contributed by atoms with Crippen LogP contribution in [0.25, 0.3) is 5.57 Å². The van der Waals surface area contributed by atoms with Crippen molar-refractivity contribution < 1.29 is 18.7 Å². The zero-order valence-electron chi connectivity index (χ0n) is 17.5. The van der Waals surface area contributed by atoms with Crippen LogP contribution in [0, 0.1) is 11.2 Å². The Labute approximate surface area is 166 Å². The van der Waals surface area contributed by atoms with E-state index in [0.717, 1.165) is 24.8 Å². The number of hydrogen-bond acceptors (Lipinski definition) is 3. The normalized spacial score (nSPS) is 26.2. The molecule has 1 saturated heterocycles. The molecule has 28 heavy (non-hydrogen) atoms. The topological polar surface area (TPSA) is 38.8 Å². The predicted molar refractivity (Wildman–Crippen MR) is 107 cm³/mol. The molecule has 0 radical (unpaired) electrons. The summed E-state index contributed by atoms with van der Waals surface area (Å²) in [6, 6.07) is 3.47. The monoisotopic (exact) mass is 387 g/mol. The van der Waals surface area contributed by atoms with Crippen molar-refractivity contribution in [1.29, 1.82) is 0 Å². The van der Waals surface area contributed by atoms with Gasteiger partial charge in [0.1, 0.15) is 18.2 Å². The number of rotatable bonds is 4. The highest BCUT2D eigenvalue weighted by Gasteiger charge is 2.53. The van der Waals surface area contributed by atoms with E-state index in [9.17, 15) is 9.18 Å². The van der Waals surface area contributed by atoms with Crippen molar-refractivity contribution in [2.45, 2.75) is 64.3 Å². The van der Waals surface area contributed by atoms with Crippen LogP contribution in [0.5, 0.6) is 5.75 Å². The first kappa shape index (κ1) is 19.3. The minimum Gasteiger partial charge on any atom is -0.496 e. The molecule has 1 saturated carbocycles. The summed E-state index contributed by atoms with van der Waals surface area (Å²) in [7, 11) is 3.41. The number of likely N-dealkylation sites (N-methyl/N-ethyl adjacent to an activating group) is 1. The van der Waals surface area contributed by atoms with Crippen molar-refractivity contribution in [3.05, 3.63) is 34.6 Å². The summed E-state index contributed by atoms with van der Waals surface area (Å²) >= 11 is 0. The van der Waals surface area contributed by atoms with Crippen LogP contribution in [0.3, 0.4) is 0 Å². The second kappa shape index (κ2) is 6.50. The van der Waals surface area contributed by atoms with Crippen molar-refractivity contribution in [3.8, 4) is 5.75 Å². The summed E-state index contributed by atoms with van der Waals surface area (Å²) in [4.78, 5) is 13.9. The van der Waals surface area contributed by atoms with Crippen molar-refractivity contribution in [3.63, 3.8) is 0 Å². The Morgan fingerprint density at radius 3 is 2.50 bits per heavy atom. The van der Waals surface area contributed by atoms with E-state index in [1.807, 2.05) is 27.0 Å². The van der Waals surface area contributed by atoms with E-state index >= 15 is 0 Å². The van der Waals surface area contributed by atoms with Crippen molar-refractivity contribution >= 4 is 11.7 Å². The van der Waals surface area contributed by atoms with Crippen LogP contribution in [0.4, 0.5) is 9.18 Å². The summed E-state index contributed by atoms with van der Waals surface area (Å²) in [6.07, 6.45) is 5.24. The quantitative estimate of drug-likeness (QED) is 0.683. The number of halogens is 1.